The van der Waals surface area contributed by atoms with E-state index in [0.29, 0.717) is 19.0 Å². The fraction of sp³-hybridized carbons (Fsp3) is 0.357. The minimum absolute atomic E-state index is 0.189. The van der Waals surface area contributed by atoms with Crippen molar-refractivity contribution in [1.29, 1.82) is 0 Å². The van der Waals surface area contributed by atoms with Gasteiger partial charge >= 0.3 is 0 Å². The van der Waals surface area contributed by atoms with Gasteiger partial charge in [0.25, 0.3) is 0 Å². The number of fused-ring (bicyclic) bond motifs is 1. The van der Waals surface area contributed by atoms with Gasteiger partial charge in [0.2, 0.25) is 0 Å². The summed E-state index contributed by atoms with van der Waals surface area (Å²) in [6.07, 6.45) is 0. The molecule has 106 valence electrons. The van der Waals surface area contributed by atoms with Gasteiger partial charge in [-0.1, -0.05) is 24.3 Å². The molecule has 1 fully saturated rings. The average molecular weight is 311 g/mol. The number of nitrogens with zero attached hydrogens (tertiary/aromatic N) is 2. The molecule has 1 aliphatic rings. The molecule has 4 nitrogen and oxygen atoms in total. The lowest BCUT2D eigenvalue weighted by Gasteiger charge is -2.29. The predicted octanol–water partition coefficient (Wildman–Crippen LogP) is 2.21. The maximum Gasteiger partial charge on any atom is 0.153 e. The SMILES string of the molecule is O=S1(=O)CCN(c2nc(CCl)cc3ccccc23)CC1. The molecule has 3 rings (SSSR count). The third kappa shape index (κ3) is 2.60. The van der Waals surface area contributed by atoms with E-state index in [1.54, 1.807) is 0 Å². The first-order chi connectivity index (χ1) is 9.59. The van der Waals surface area contributed by atoms with Gasteiger partial charge in [0.05, 0.1) is 23.1 Å². The molecule has 1 saturated heterocycles. The highest BCUT2D eigenvalue weighted by atomic mass is 35.5. The molecule has 1 aliphatic heterocycles. The summed E-state index contributed by atoms with van der Waals surface area (Å²) in [6.45, 7) is 0.982. The lowest BCUT2D eigenvalue weighted by atomic mass is 10.1. The van der Waals surface area contributed by atoms with Crippen molar-refractivity contribution in [2.45, 2.75) is 5.88 Å². The van der Waals surface area contributed by atoms with Gasteiger partial charge in [0.15, 0.2) is 9.84 Å². The summed E-state index contributed by atoms with van der Waals surface area (Å²) in [5, 5.41) is 2.13. The van der Waals surface area contributed by atoms with Crippen LogP contribution < -0.4 is 4.90 Å². The molecule has 0 N–H and O–H groups in total. The van der Waals surface area contributed by atoms with Crippen molar-refractivity contribution in [3.63, 3.8) is 0 Å². The Bertz CT molecular complexity index is 732. The van der Waals surface area contributed by atoms with Crippen molar-refractivity contribution in [3.8, 4) is 0 Å². The van der Waals surface area contributed by atoms with Crippen LogP contribution in [0.2, 0.25) is 0 Å². The smallest absolute Gasteiger partial charge is 0.153 e. The lowest BCUT2D eigenvalue weighted by molar-refractivity contribution is 0.586. The van der Waals surface area contributed by atoms with E-state index in [4.69, 9.17) is 11.6 Å². The molecule has 0 atom stereocenters. The van der Waals surface area contributed by atoms with E-state index in [2.05, 4.69) is 4.98 Å². The van der Waals surface area contributed by atoms with Crippen molar-refractivity contribution in [2.24, 2.45) is 0 Å². The molecule has 0 bridgehead atoms. The van der Waals surface area contributed by atoms with Gasteiger partial charge in [-0.15, -0.1) is 11.6 Å². The summed E-state index contributed by atoms with van der Waals surface area (Å²) in [5.74, 6) is 1.57. The molecule has 6 heteroatoms. The number of rotatable bonds is 2. The van der Waals surface area contributed by atoms with Crippen molar-refractivity contribution in [1.82, 2.24) is 4.98 Å². The fourth-order valence-corrected chi connectivity index (χ4v) is 3.81. The van der Waals surface area contributed by atoms with Gasteiger partial charge in [-0.3, -0.25) is 0 Å². The molecule has 0 spiro atoms. The highest BCUT2D eigenvalue weighted by Gasteiger charge is 2.23. The molecule has 2 heterocycles. The van der Waals surface area contributed by atoms with Crippen LogP contribution in [0.25, 0.3) is 10.8 Å². The maximum absolute atomic E-state index is 11.5. The van der Waals surface area contributed by atoms with Gasteiger partial charge in [0, 0.05) is 18.5 Å². The standard InChI is InChI=1S/C14H15ClN2O2S/c15-10-12-9-11-3-1-2-4-13(11)14(16-12)17-5-7-20(18,19)8-6-17/h1-4,9H,5-8,10H2. The van der Waals surface area contributed by atoms with E-state index in [-0.39, 0.29) is 11.5 Å². The Morgan fingerprint density at radius 1 is 1.20 bits per heavy atom. The largest absolute Gasteiger partial charge is 0.354 e. The first-order valence-electron chi connectivity index (χ1n) is 6.49. The monoisotopic (exact) mass is 310 g/mol. The van der Waals surface area contributed by atoms with Crippen LogP contribution >= 0.6 is 11.6 Å². The van der Waals surface area contributed by atoms with Crippen LogP contribution in [0.5, 0.6) is 0 Å². The van der Waals surface area contributed by atoms with Crippen LogP contribution in [0.3, 0.4) is 0 Å². The number of alkyl halides is 1. The third-order valence-electron chi connectivity index (χ3n) is 3.55. The number of sulfone groups is 1. The Morgan fingerprint density at radius 2 is 1.90 bits per heavy atom. The summed E-state index contributed by atoms with van der Waals surface area (Å²) < 4.78 is 23.1. The minimum Gasteiger partial charge on any atom is -0.354 e. The normalized spacial score (nSPS) is 18.4. The molecule has 1 aromatic carbocycles. The molecular formula is C14H15ClN2O2S. The minimum atomic E-state index is -2.89. The van der Waals surface area contributed by atoms with Gasteiger partial charge in [-0.05, 0) is 11.5 Å². The molecule has 20 heavy (non-hydrogen) atoms. The number of halogens is 1. The van der Waals surface area contributed by atoms with E-state index in [1.165, 1.54) is 0 Å². The summed E-state index contributed by atoms with van der Waals surface area (Å²) in [4.78, 5) is 6.63. The van der Waals surface area contributed by atoms with E-state index < -0.39 is 9.84 Å². The highest BCUT2D eigenvalue weighted by molar-refractivity contribution is 7.91. The highest BCUT2D eigenvalue weighted by Crippen LogP contribution is 2.27. The van der Waals surface area contributed by atoms with Gasteiger partial charge in [-0.25, -0.2) is 13.4 Å². The molecule has 0 unspecified atom stereocenters. The third-order valence-corrected chi connectivity index (χ3v) is 5.44. The van der Waals surface area contributed by atoms with E-state index in [0.717, 1.165) is 22.3 Å². The second-order valence-electron chi connectivity index (χ2n) is 4.93. The molecular weight excluding hydrogens is 296 g/mol. The second kappa shape index (κ2) is 5.22. The zero-order valence-electron chi connectivity index (χ0n) is 10.9. The Morgan fingerprint density at radius 3 is 2.60 bits per heavy atom. The number of anilines is 1. The Kier molecular flexibility index (Phi) is 3.56. The topological polar surface area (TPSA) is 50.3 Å². The molecule has 0 radical (unpaired) electrons. The molecule has 0 aliphatic carbocycles. The summed E-state index contributed by atoms with van der Waals surface area (Å²) in [7, 11) is -2.89. The maximum atomic E-state index is 11.5. The van der Waals surface area contributed by atoms with Crippen LogP contribution in [0.1, 0.15) is 5.69 Å². The molecule has 0 amide bonds. The summed E-state index contributed by atoms with van der Waals surface area (Å²) >= 11 is 5.91. The zero-order valence-corrected chi connectivity index (χ0v) is 12.5. The van der Waals surface area contributed by atoms with Crippen LogP contribution in [-0.2, 0) is 15.7 Å². The van der Waals surface area contributed by atoms with E-state index >= 15 is 0 Å². The number of benzene rings is 1. The van der Waals surface area contributed by atoms with Crippen molar-refractivity contribution in [3.05, 3.63) is 36.0 Å². The van der Waals surface area contributed by atoms with Crippen molar-refractivity contribution in [2.75, 3.05) is 29.5 Å². The summed E-state index contributed by atoms with van der Waals surface area (Å²) in [6, 6.07) is 9.96. The van der Waals surface area contributed by atoms with Gasteiger partial charge < -0.3 is 4.90 Å². The Balaban J connectivity index is 2.06. The van der Waals surface area contributed by atoms with Gasteiger partial charge in [0.1, 0.15) is 5.82 Å². The number of hydrogen-bond acceptors (Lipinski definition) is 4. The van der Waals surface area contributed by atoms with Crippen molar-refractivity contribution >= 4 is 38.0 Å². The van der Waals surface area contributed by atoms with E-state index in [9.17, 15) is 8.42 Å². The Labute approximate surface area is 123 Å². The van der Waals surface area contributed by atoms with Crippen molar-refractivity contribution < 1.29 is 8.42 Å². The summed E-state index contributed by atoms with van der Waals surface area (Å²) in [5.41, 5.74) is 0.814. The first-order valence-corrected chi connectivity index (χ1v) is 8.85. The number of pyridine rings is 1. The second-order valence-corrected chi connectivity index (χ2v) is 7.50. The fourth-order valence-electron chi connectivity index (χ4n) is 2.47. The quantitative estimate of drug-likeness (QED) is 0.798. The van der Waals surface area contributed by atoms with Crippen LogP contribution in [0.4, 0.5) is 5.82 Å². The Hall–Kier alpha value is -1.33. The lowest BCUT2D eigenvalue weighted by Crippen LogP contribution is -2.40. The van der Waals surface area contributed by atoms with Gasteiger partial charge in [-0.2, -0.15) is 0 Å². The van der Waals surface area contributed by atoms with Crippen LogP contribution in [0, 0.1) is 0 Å². The predicted molar refractivity (Wildman–Crippen MR) is 82.2 cm³/mol. The van der Waals surface area contributed by atoms with Crippen LogP contribution in [0.15, 0.2) is 30.3 Å². The first kappa shape index (κ1) is 13.6. The number of aromatic nitrogens is 1. The molecule has 0 saturated carbocycles. The molecule has 2 aromatic rings. The number of hydrogen-bond donors (Lipinski definition) is 0. The molecule has 1 aromatic heterocycles. The van der Waals surface area contributed by atoms with Crippen LogP contribution in [-0.4, -0.2) is 38.0 Å². The average Bonchev–Trinajstić information content (AvgIpc) is 2.46. The van der Waals surface area contributed by atoms with E-state index in [1.807, 2.05) is 35.2 Å². The zero-order chi connectivity index (χ0) is 14.2.